The molecule has 28 heavy (non-hydrogen) atoms. The lowest BCUT2D eigenvalue weighted by atomic mass is 10.3. The average molecular weight is 391 g/mol. The van der Waals surface area contributed by atoms with Gasteiger partial charge in [-0.05, 0) is 19.8 Å². The lowest BCUT2D eigenvalue weighted by molar-refractivity contribution is -0.131. The first kappa shape index (κ1) is 20.6. The number of guanidine groups is 1. The zero-order valence-electron chi connectivity index (χ0n) is 17.3. The maximum Gasteiger partial charge on any atom is 0.236 e. The smallest absolute Gasteiger partial charge is 0.236 e. The van der Waals surface area contributed by atoms with Gasteiger partial charge in [-0.1, -0.05) is 6.92 Å². The van der Waals surface area contributed by atoms with E-state index in [1.54, 1.807) is 6.33 Å². The van der Waals surface area contributed by atoms with E-state index in [0.29, 0.717) is 13.1 Å². The van der Waals surface area contributed by atoms with Crippen LogP contribution in [0.1, 0.15) is 32.5 Å². The minimum atomic E-state index is 0.284. The van der Waals surface area contributed by atoms with Crippen molar-refractivity contribution in [3.05, 3.63) is 12.2 Å². The van der Waals surface area contributed by atoms with Crippen molar-refractivity contribution in [3.63, 3.8) is 0 Å². The van der Waals surface area contributed by atoms with Crippen LogP contribution in [0.25, 0.3) is 0 Å². The topological polar surface area (TPSA) is 81.9 Å². The van der Waals surface area contributed by atoms with Crippen molar-refractivity contribution in [2.45, 2.75) is 39.7 Å². The van der Waals surface area contributed by atoms with E-state index in [-0.39, 0.29) is 5.91 Å². The van der Waals surface area contributed by atoms with Crippen molar-refractivity contribution in [1.29, 1.82) is 0 Å². The van der Waals surface area contributed by atoms with Gasteiger partial charge in [0.1, 0.15) is 12.2 Å². The molecule has 0 spiro atoms. The Morgan fingerprint density at radius 1 is 1.11 bits per heavy atom. The van der Waals surface area contributed by atoms with E-state index in [1.165, 1.54) is 0 Å². The lowest BCUT2D eigenvalue weighted by Gasteiger charge is -2.36. The van der Waals surface area contributed by atoms with Gasteiger partial charge in [0.15, 0.2) is 5.96 Å². The molecule has 1 aromatic heterocycles. The molecule has 0 bridgehead atoms. The number of rotatable bonds is 7. The van der Waals surface area contributed by atoms with Gasteiger partial charge in [-0.2, -0.15) is 0 Å². The summed E-state index contributed by atoms with van der Waals surface area (Å²) in [4.78, 5) is 23.7. The van der Waals surface area contributed by atoms with E-state index in [2.05, 4.69) is 43.7 Å². The van der Waals surface area contributed by atoms with Gasteiger partial charge in [0, 0.05) is 58.8 Å². The molecule has 1 N–H and O–H groups in total. The van der Waals surface area contributed by atoms with Crippen LogP contribution in [0, 0.1) is 0 Å². The molecule has 1 aromatic rings. The summed E-state index contributed by atoms with van der Waals surface area (Å²) in [5.74, 6) is 2.24. The number of hydrogen-bond acceptors (Lipinski definition) is 5. The third kappa shape index (κ3) is 5.43. The molecule has 156 valence electrons. The molecular weight excluding hydrogens is 356 g/mol. The minimum absolute atomic E-state index is 0.284. The fourth-order valence-electron chi connectivity index (χ4n) is 3.80. The summed E-state index contributed by atoms with van der Waals surface area (Å²) in [6, 6.07) is 0. The highest BCUT2D eigenvalue weighted by Gasteiger charge is 2.24. The highest BCUT2D eigenvalue weighted by Crippen LogP contribution is 2.09. The molecule has 3 rings (SSSR count). The van der Waals surface area contributed by atoms with Crippen LogP contribution < -0.4 is 5.32 Å². The Hall–Kier alpha value is -2.16. The van der Waals surface area contributed by atoms with E-state index in [1.807, 2.05) is 4.90 Å². The normalized spacial score (nSPS) is 18.7. The standard InChI is InChI=1S/C19H34N8O/c1-3-17-23-22-16-27(17)10-7-21-19(20-4-2)26-13-11-24(12-14-26)15-18(28)25-8-5-6-9-25/h16H,3-15H2,1-2H3,(H,20,21). The second kappa shape index (κ2) is 10.4. The SMILES string of the molecule is CCNC(=NCCn1cnnc1CC)N1CCN(CC(=O)N2CCCC2)CC1. The molecule has 1 amide bonds. The second-order valence-corrected chi connectivity index (χ2v) is 7.38. The van der Waals surface area contributed by atoms with Crippen LogP contribution in [0.2, 0.25) is 0 Å². The summed E-state index contributed by atoms with van der Waals surface area (Å²) in [5, 5.41) is 11.5. The quantitative estimate of drug-likeness (QED) is 0.523. The summed E-state index contributed by atoms with van der Waals surface area (Å²) in [7, 11) is 0. The van der Waals surface area contributed by atoms with Gasteiger partial charge >= 0.3 is 0 Å². The van der Waals surface area contributed by atoms with Crippen molar-refractivity contribution in [2.75, 3.05) is 58.9 Å². The van der Waals surface area contributed by atoms with Crippen LogP contribution in [0.3, 0.4) is 0 Å². The number of carbonyl (C=O) groups excluding carboxylic acids is 1. The van der Waals surface area contributed by atoms with E-state index < -0.39 is 0 Å². The van der Waals surface area contributed by atoms with Gasteiger partial charge in [-0.15, -0.1) is 10.2 Å². The number of aromatic nitrogens is 3. The van der Waals surface area contributed by atoms with Crippen molar-refractivity contribution >= 4 is 11.9 Å². The first-order chi connectivity index (χ1) is 13.7. The van der Waals surface area contributed by atoms with Crippen molar-refractivity contribution in [2.24, 2.45) is 4.99 Å². The van der Waals surface area contributed by atoms with Crippen LogP contribution in [0.15, 0.2) is 11.3 Å². The van der Waals surface area contributed by atoms with Gasteiger partial charge in [0.2, 0.25) is 5.91 Å². The summed E-state index contributed by atoms with van der Waals surface area (Å²) in [6.45, 7) is 12.5. The number of aliphatic imine (C=N–C) groups is 1. The Bertz CT molecular complexity index is 644. The van der Waals surface area contributed by atoms with Crippen LogP contribution >= 0.6 is 0 Å². The number of carbonyl (C=O) groups is 1. The third-order valence-corrected chi connectivity index (χ3v) is 5.44. The number of amides is 1. The average Bonchev–Trinajstić information content (AvgIpc) is 3.40. The van der Waals surface area contributed by atoms with Crippen molar-refractivity contribution in [1.82, 2.24) is 34.8 Å². The van der Waals surface area contributed by atoms with Gasteiger partial charge in [0.25, 0.3) is 0 Å². The number of nitrogens with one attached hydrogen (secondary N) is 1. The molecule has 0 radical (unpaired) electrons. The lowest BCUT2D eigenvalue weighted by Crippen LogP contribution is -2.54. The molecule has 0 aromatic carbocycles. The van der Waals surface area contributed by atoms with E-state index in [9.17, 15) is 4.79 Å². The van der Waals surface area contributed by atoms with Crippen LogP contribution in [0.5, 0.6) is 0 Å². The predicted octanol–water partition coefficient (Wildman–Crippen LogP) is 0.0460. The molecular formula is C19H34N8O. The van der Waals surface area contributed by atoms with E-state index in [4.69, 9.17) is 4.99 Å². The van der Waals surface area contributed by atoms with E-state index in [0.717, 1.165) is 83.4 Å². The minimum Gasteiger partial charge on any atom is -0.357 e. The van der Waals surface area contributed by atoms with Crippen LogP contribution in [-0.4, -0.2) is 100 Å². The molecule has 0 unspecified atom stereocenters. The monoisotopic (exact) mass is 390 g/mol. The number of piperazine rings is 1. The second-order valence-electron chi connectivity index (χ2n) is 7.38. The van der Waals surface area contributed by atoms with Gasteiger partial charge in [-0.3, -0.25) is 14.7 Å². The van der Waals surface area contributed by atoms with Crippen molar-refractivity contribution < 1.29 is 4.79 Å². The Labute approximate surface area is 167 Å². The first-order valence-electron chi connectivity index (χ1n) is 10.6. The summed E-state index contributed by atoms with van der Waals surface area (Å²) in [5.41, 5.74) is 0. The summed E-state index contributed by atoms with van der Waals surface area (Å²) in [6.07, 6.45) is 4.95. The van der Waals surface area contributed by atoms with Gasteiger partial charge in [-0.25, -0.2) is 0 Å². The molecule has 2 saturated heterocycles. The molecule has 2 fully saturated rings. The zero-order valence-corrected chi connectivity index (χ0v) is 17.3. The van der Waals surface area contributed by atoms with Crippen LogP contribution in [0.4, 0.5) is 0 Å². The Kier molecular flexibility index (Phi) is 7.64. The predicted molar refractivity (Wildman–Crippen MR) is 109 cm³/mol. The summed E-state index contributed by atoms with van der Waals surface area (Å²) < 4.78 is 2.06. The molecule has 9 nitrogen and oxygen atoms in total. The molecule has 3 heterocycles. The molecule has 2 aliphatic rings. The van der Waals surface area contributed by atoms with E-state index >= 15 is 0 Å². The molecule has 0 saturated carbocycles. The Morgan fingerprint density at radius 2 is 1.86 bits per heavy atom. The number of aryl methyl sites for hydroxylation is 1. The molecule has 2 aliphatic heterocycles. The highest BCUT2D eigenvalue weighted by molar-refractivity contribution is 5.80. The summed E-state index contributed by atoms with van der Waals surface area (Å²) >= 11 is 0. The fraction of sp³-hybridized carbons (Fsp3) is 0.789. The number of nitrogens with zero attached hydrogens (tertiary/aromatic N) is 7. The largest absolute Gasteiger partial charge is 0.357 e. The maximum atomic E-state index is 12.4. The molecule has 9 heteroatoms. The Balaban J connectivity index is 1.47. The van der Waals surface area contributed by atoms with Crippen molar-refractivity contribution in [3.8, 4) is 0 Å². The molecule has 0 atom stereocenters. The number of hydrogen-bond donors (Lipinski definition) is 1. The molecule has 0 aliphatic carbocycles. The Morgan fingerprint density at radius 3 is 2.54 bits per heavy atom. The van der Waals surface area contributed by atoms with Gasteiger partial charge < -0.3 is 19.7 Å². The number of likely N-dealkylation sites (tertiary alicyclic amines) is 1. The fourth-order valence-corrected chi connectivity index (χ4v) is 3.80. The third-order valence-electron chi connectivity index (χ3n) is 5.44. The zero-order chi connectivity index (χ0) is 19.8. The highest BCUT2D eigenvalue weighted by atomic mass is 16.2. The maximum absolute atomic E-state index is 12.4. The first-order valence-corrected chi connectivity index (χ1v) is 10.6. The van der Waals surface area contributed by atoms with Crippen LogP contribution in [-0.2, 0) is 17.8 Å². The van der Waals surface area contributed by atoms with Gasteiger partial charge in [0.05, 0.1) is 13.1 Å².